The number of nitrogens with zero attached hydrogens (tertiary/aromatic N) is 2. The van der Waals surface area contributed by atoms with Crippen molar-refractivity contribution in [2.24, 2.45) is 11.7 Å². The molecule has 3 aliphatic rings. The molecular weight excluding hydrogens is 272 g/mol. The number of hydrogen-bond donors (Lipinski definition) is 2. The highest BCUT2D eigenvalue weighted by molar-refractivity contribution is 7.80. The van der Waals surface area contributed by atoms with Crippen molar-refractivity contribution in [1.29, 1.82) is 0 Å². The van der Waals surface area contributed by atoms with Crippen LogP contribution in [0.2, 0.25) is 0 Å². The quantitative estimate of drug-likeness (QED) is 0.795. The summed E-state index contributed by atoms with van der Waals surface area (Å²) >= 11 is 4.87. The van der Waals surface area contributed by atoms with E-state index in [0.717, 1.165) is 19.6 Å². The third-order valence-corrected chi connectivity index (χ3v) is 4.49. The second-order valence-electron chi connectivity index (χ2n) is 5.51. The molecule has 3 N–H and O–H groups in total. The molecule has 3 fully saturated rings. The van der Waals surface area contributed by atoms with Gasteiger partial charge in [0.15, 0.2) is 0 Å². The smallest absolute Gasteiger partial charge is 0.270 e. The average Bonchev–Trinajstić information content (AvgIpc) is 2.48. The summed E-state index contributed by atoms with van der Waals surface area (Å²) in [6.07, 6.45) is 3.91. The molecule has 1 amide bonds. The lowest BCUT2D eigenvalue weighted by Gasteiger charge is -2.44. The molecule has 2 bridgehead atoms. The molecule has 5 nitrogen and oxygen atoms in total. The van der Waals surface area contributed by atoms with Crippen LogP contribution >= 0.6 is 12.2 Å². The molecule has 3 aliphatic heterocycles. The highest BCUT2D eigenvalue weighted by Gasteiger charge is 2.35. The molecule has 0 radical (unpaired) electrons. The van der Waals surface area contributed by atoms with Gasteiger partial charge in [0.05, 0.1) is 0 Å². The Balaban J connectivity index is 1.65. The van der Waals surface area contributed by atoms with Gasteiger partial charge in [-0.25, -0.2) is 0 Å². The van der Waals surface area contributed by atoms with Crippen LogP contribution in [0.15, 0.2) is 18.3 Å². The van der Waals surface area contributed by atoms with E-state index in [1.807, 2.05) is 0 Å². The van der Waals surface area contributed by atoms with Crippen LogP contribution in [0.1, 0.15) is 28.9 Å². The maximum absolute atomic E-state index is 12.2. The lowest BCUT2D eigenvalue weighted by atomic mass is 9.84. The number of nitrogens with two attached hydrogens (primary N) is 1. The molecular formula is C14H18N4OS. The monoisotopic (exact) mass is 290 g/mol. The van der Waals surface area contributed by atoms with Gasteiger partial charge in [-0.1, -0.05) is 12.2 Å². The Kier molecular flexibility index (Phi) is 3.67. The van der Waals surface area contributed by atoms with Crippen LogP contribution in [0, 0.1) is 5.92 Å². The lowest BCUT2D eigenvalue weighted by Crippen LogP contribution is -2.57. The van der Waals surface area contributed by atoms with Gasteiger partial charge >= 0.3 is 0 Å². The van der Waals surface area contributed by atoms with E-state index in [1.165, 1.54) is 12.8 Å². The number of carbonyl (C=O) groups excluding carboxylic acids is 1. The minimum absolute atomic E-state index is 0.113. The zero-order valence-corrected chi connectivity index (χ0v) is 12.0. The van der Waals surface area contributed by atoms with Crippen molar-refractivity contribution in [3.8, 4) is 0 Å². The molecule has 106 valence electrons. The van der Waals surface area contributed by atoms with E-state index in [-0.39, 0.29) is 11.9 Å². The molecule has 0 spiro atoms. The van der Waals surface area contributed by atoms with Crippen molar-refractivity contribution >= 4 is 23.1 Å². The second-order valence-corrected chi connectivity index (χ2v) is 5.95. The van der Waals surface area contributed by atoms with Crippen LogP contribution in [0.3, 0.4) is 0 Å². The first-order valence-electron chi connectivity index (χ1n) is 6.92. The molecule has 1 unspecified atom stereocenters. The minimum atomic E-state index is -0.113. The fourth-order valence-corrected chi connectivity index (χ4v) is 3.17. The normalized spacial score (nSPS) is 28.1. The van der Waals surface area contributed by atoms with Crippen molar-refractivity contribution in [2.75, 3.05) is 19.6 Å². The van der Waals surface area contributed by atoms with Gasteiger partial charge in [-0.3, -0.25) is 9.78 Å². The summed E-state index contributed by atoms with van der Waals surface area (Å²) < 4.78 is 0. The topological polar surface area (TPSA) is 71.2 Å². The minimum Gasteiger partial charge on any atom is -0.389 e. The largest absolute Gasteiger partial charge is 0.389 e. The second kappa shape index (κ2) is 5.46. The first kappa shape index (κ1) is 13.5. The number of pyridine rings is 1. The van der Waals surface area contributed by atoms with Crippen molar-refractivity contribution in [3.63, 3.8) is 0 Å². The van der Waals surface area contributed by atoms with Crippen LogP contribution in [0.4, 0.5) is 0 Å². The van der Waals surface area contributed by atoms with Gasteiger partial charge in [0.2, 0.25) is 0 Å². The van der Waals surface area contributed by atoms with Gasteiger partial charge in [-0.2, -0.15) is 0 Å². The zero-order chi connectivity index (χ0) is 14.1. The average molecular weight is 290 g/mol. The Morgan fingerprint density at radius 1 is 1.40 bits per heavy atom. The summed E-state index contributed by atoms with van der Waals surface area (Å²) in [4.78, 5) is 19.1. The van der Waals surface area contributed by atoms with E-state index in [0.29, 0.717) is 22.2 Å². The van der Waals surface area contributed by atoms with E-state index in [4.69, 9.17) is 18.0 Å². The van der Waals surface area contributed by atoms with Gasteiger partial charge in [0.25, 0.3) is 5.91 Å². The number of hydrogen-bond acceptors (Lipinski definition) is 4. The summed E-state index contributed by atoms with van der Waals surface area (Å²) in [5.41, 5.74) is 6.61. The van der Waals surface area contributed by atoms with Crippen molar-refractivity contribution < 1.29 is 4.79 Å². The highest BCUT2D eigenvalue weighted by atomic mass is 32.1. The third-order valence-electron chi connectivity index (χ3n) is 4.25. The van der Waals surface area contributed by atoms with Gasteiger partial charge in [-0.15, -0.1) is 0 Å². The van der Waals surface area contributed by atoms with Crippen molar-refractivity contribution in [3.05, 3.63) is 29.6 Å². The molecule has 20 heavy (non-hydrogen) atoms. The number of thiocarbonyl (C=S) groups is 1. The Hall–Kier alpha value is -1.53. The number of fused-ring (bicyclic) bond motifs is 3. The first-order valence-corrected chi connectivity index (χ1v) is 7.33. The highest BCUT2D eigenvalue weighted by Crippen LogP contribution is 2.27. The van der Waals surface area contributed by atoms with Gasteiger partial charge in [-0.05, 0) is 44.0 Å². The van der Waals surface area contributed by atoms with E-state index in [9.17, 15) is 4.79 Å². The molecule has 4 heterocycles. The Bertz CT molecular complexity index is 522. The molecule has 0 saturated carbocycles. The predicted octanol–water partition coefficient (Wildman–Crippen LogP) is 0.540. The summed E-state index contributed by atoms with van der Waals surface area (Å²) in [6.45, 7) is 3.29. The molecule has 4 rings (SSSR count). The van der Waals surface area contributed by atoms with Crippen LogP contribution in [-0.4, -0.2) is 46.5 Å². The van der Waals surface area contributed by atoms with Crippen LogP contribution < -0.4 is 11.1 Å². The fraction of sp³-hybridized carbons (Fsp3) is 0.500. The Morgan fingerprint density at radius 3 is 2.65 bits per heavy atom. The fourth-order valence-electron chi connectivity index (χ4n) is 3.04. The van der Waals surface area contributed by atoms with E-state index in [2.05, 4.69) is 15.2 Å². The number of aromatic nitrogens is 1. The number of nitrogens with one attached hydrogen (secondary N) is 1. The van der Waals surface area contributed by atoms with Gasteiger partial charge < -0.3 is 16.0 Å². The van der Waals surface area contributed by atoms with Gasteiger partial charge in [0, 0.05) is 24.3 Å². The summed E-state index contributed by atoms with van der Waals surface area (Å²) in [5, 5.41) is 3.11. The SMILES string of the molecule is NC(=S)c1ccc(C(=O)NC2CN3CCC2CC3)nc1. The lowest BCUT2D eigenvalue weighted by molar-refractivity contribution is 0.0618. The van der Waals surface area contributed by atoms with Crippen LogP contribution in [0.5, 0.6) is 0 Å². The van der Waals surface area contributed by atoms with Crippen molar-refractivity contribution in [2.45, 2.75) is 18.9 Å². The molecule has 3 saturated heterocycles. The van der Waals surface area contributed by atoms with E-state index in [1.54, 1.807) is 18.3 Å². The molecule has 1 aromatic heterocycles. The summed E-state index contributed by atoms with van der Waals surface area (Å²) in [6, 6.07) is 3.66. The number of piperidine rings is 3. The Labute approximate surface area is 123 Å². The summed E-state index contributed by atoms with van der Waals surface area (Å²) in [5.74, 6) is 0.498. The standard InChI is InChI=1S/C14H18N4OS/c15-13(20)10-1-2-11(16-7-10)14(19)17-12-8-18-5-3-9(12)4-6-18/h1-2,7,9,12H,3-6,8H2,(H2,15,20)(H,17,19). The number of carbonyl (C=O) groups is 1. The van der Waals surface area contributed by atoms with Crippen LogP contribution in [0.25, 0.3) is 0 Å². The molecule has 0 aromatic carbocycles. The molecule has 1 aromatic rings. The first-order chi connectivity index (χ1) is 9.63. The molecule has 1 atom stereocenters. The third kappa shape index (κ3) is 2.66. The molecule has 6 heteroatoms. The molecule has 0 aliphatic carbocycles. The maximum atomic E-state index is 12.2. The number of rotatable bonds is 3. The van der Waals surface area contributed by atoms with Crippen LogP contribution in [-0.2, 0) is 0 Å². The Morgan fingerprint density at radius 2 is 2.15 bits per heavy atom. The van der Waals surface area contributed by atoms with Gasteiger partial charge in [0.1, 0.15) is 10.7 Å². The van der Waals surface area contributed by atoms with E-state index >= 15 is 0 Å². The predicted molar refractivity (Wildman–Crippen MR) is 80.5 cm³/mol. The summed E-state index contributed by atoms with van der Waals surface area (Å²) in [7, 11) is 0. The van der Waals surface area contributed by atoms with E-state index < -0.39 is 0 Å². The number of amides is 1. The van der Waals surface area contributed by atoms with Crippen molar-refractivity contribution in [1.82, 2.24) is 15.2 Å². The zero-order valence-electron chi connectivity index (χ0n) is 11.2. The maximum Gasteiger partial charge on any atom is 0.270 e.